The molecule has 178 valence electrons. The molecule has 0 saturated carbocycles. The SMILES string of the molecule is O=C(c1ccc(Nc2nc(NC3CCOC3)c3cc[nH]c3n2)c2c1OCCO2)N1CCOCC1. The van der Waals surface area contributed by atoms with Gasteiger partial charge in [-0.3, -0.25) is 4.79 Å². The Morgan fingerprint density at radius 1 is 1.00 bits per heavy atom. The Kier molecular flexibility index (Phi) is 5.55. The Bertz CT molecular complexity index is 1200. The second kappa shape index (κ2) is 8.99. The molecular weight excluding hydrogens is 440 g/mol. The van der Waals surface area contributed by atoms with Gasteiger partial charge in [0, 0.05) is 25.9 Å². The molecule has 11 nitrogen and oxygen atoms in total. The molecule has 3 aliphatic heterocycles. The van der Waals surface area contributed by atoms with Crippen molar-refractivity contribution in [3.8, 4) is 11.5 Å². The minimum atomic E-state index is -0.0917. The number of rotatable bonds is 5. The molecule has 11 heteroatoms. The van der Waals surface area contributed by atoms with Crippen molar-refractivity contribution in [2.24, 2.45) is 0 Å². The normalized spacial score (nSPS) is 19.9. The highest BCUT2D eigenvalue weighted by atomic mass is 16.6. The van der Waals surface area contributed by atoms with Crippen molar-refractivity contribution in [1.29, 1.82) is 0 Å². The number of nitrogens with zero attached hydrogens (tertiary/aromatic N) is 3. The summed E-state index contributed by atoms with van der Waals surface area (Å²) in [6, 6.07) is 5.72. The number of hydrogen-bond donors (Lipinski definition) is 3. The van der Waals surface area contributed by atoms with Crippen molar-refractivity contribution in [3.05, 3.63) is 30.0 Å². The zero-order chi connectivity index (χ0) is 22.9. The van der Waals surface area contributed by atoms with E-state index in [1.54, 1.807) is 17.0 Å². The molecule has 1 aromatic carbocycles. The van der Waals surface area contributed by atoms with Crippen LogP contribution in [0.3, 0.4) is 0 Å². The molecule has 5 heterocycles. The Hall–Kier alpha value is -3.57. The molecule has 3 aromatic rings. The van der Waals surface area contributed by atoms with E-state index in [4.69, 9.17) is 23.9 Å². The van der Waals surface area contributed by atoms with Crippen LogP contribution in [-0.4, -0.2) is 84.5 Å². The zero-order valence-corrected chi connectivity index (χ0v) is 18.6. The summed E-state index contributed by atoms with van der Waals surface area (Å²) >= 11 is 0. The Morgan fingerprint density at radius 2 is 1.85 bits per heavy atom. The topological polar surface area (TPSA) is 123 Å². The number of fused-ring (bicyclic) bond motifs is 2. The van der Waals surface area contributed by atoms with Gasteiger partial charge in [0.15, 0.2) is 11.5 Å². The quantitative estimate of drug-likeness (QED) is 0.519. The summed E-state index contributed by atoms with van der Waals surface area (Å²) in [4.78, 5) is 27.4. The fourth-order valence-electron chi connectivity index (χ4n) is 4.41. The lowest BCUT2D eigenvalue weighted by Gasteiger charge is -2.29. The van der Waals surface area contributed by atoms with Gasteiger partial charge in [-0.15, -0.1) is 0 Å². The van der Waals surface area contributed by atoms with Crippen molar-refractivity contribution >= 4 is 34.4 Å². The van der Waals surface area contributed by atoms with Gasteiger partial charge < -0.3 is 39.5 Å². The predicted molar refractivity (Wildman–Crippen MR) is 124 cm³/mol. The highest BCUT2D eigenvalue weighted by Gasteiger charge is 2.28. The third-order valence-electron chi connectivity index (χ3n) is 6.15. The van der Waals surface area contributed by atoms with Gasteiger partial charge in [0.25, 0.3) is 5.91 Å². The summed E-state index contributed by atoms with van der Waals surface area (Å²) in [7, 11) is 0. The van der Waals surface area contributed by atoms with Gasteiger partial charge in [0.05, 0.1) is 42.5 Å². The zero-order valence-electron chi connectivity index (χ0n) is 18.6. The summed E-state index contributed by atoms with van der Waals surface area (Å²) in [5.41, 5.74) is 1.82. The number of benzene rings is 1. The second-order valence-corrected chi connectivity index (χ2v) is 8.39. The minimum Gasteiger partial charge on any atom is -0.485 e. The number of nitrogens with one attached hydrogen (secondary N) is 3. The van der Waals surface area contributed by atoms with Crippen LogP contribution in [0.2, 0.25) is 0 Å². The summed E-state index contributed by atoms with van der Waals surface area (Å²) in [5.74, 6) is 1.97. The molecule has 1 atom stereocenters. The number of ether oxygens (including phenoxy) is 4. The molecule has 2 saturated heterocycles. The van der Waals surface area contributed by atoms with Crippen molar-refractivity contribution in [2.75, 3.05) is 63.4 Å². The average Bonchev–Trinajstić information content (AvgIpc) is 3.57. The van der Waals surface area contributed by atoms with Crippen LogP contribution in [0.5, 0.6) is 11.5 Å². The van der Waals surface area contributed by atoms with Crippen LogP contribution in [0.25, 0.3) is 11.0 Å². The number of hydrogen-bond acceptors (Lipinski definition) is 9. The fraction of sp³-hybridized carbons (Fsp3) is 0.435. The van der Waals surface area contributed by atoms with Gasteiger partial charge in [-0.1, -0.05) is 0 Å². The number of carbonyl (C=O) groups is 1. The maximum atomic E-state index is 13.1. The lowest BCUT2D eigenvalue weighted by molar-refractivity contribution is 0.0298. The fourth-order valence-corrected chi connectivity index (χ4v) is 4.41. The van der Waals surface area contributed by atoms with E-state index in [1.165, 1.54) is 0 Å². The molecule has 2 fully saturated rings. The number of H-pyrrole nitrogens is 1. The first-order valence-corrected chi connectivity index (χ1v) is 11.5. The van der Waals surface area contributed by atoms with E-state index in [1.807, 2.05) is 12.3 Å². The summed E-state index contributed by atoms with van der Waals surface area (Å²) in [5, 5.41) is 7.64. The van der Waals surface area contributed by atoms with E-state index < -0.39 is 0 Å². The van der Waals surface area contributed by atoms with Gasteiger partial charge in [-0.05, 0) is 24.6 Å². The van der Waals surface area contributed by atoms with E-state index >= 15 is 0 Å². The van der Waals surface area contributed by atoms with Gasteiger partial charge in [-0.2, -0.15) is 9.97 Å². The largest absolute Gasteiger partial charge is 0.485 e. The molecule has 0 aliphatic carbocycles. The smallest absolute Gasteiger partial charge is 0.257 e. The molecule has 1 unspecified atom stereocenters. The Labute approximate surface area is 195 Å². The molecule has 0 spiro atoms. The third-order valence-corrected chi connectivity index (χ3v) is 6.15. The summed E-state index contributed by atoms with van der Waals surface area (Å²) < 4.78 is 22.7. The van der Waals surface area contributed by atoms with Crippen molar-refractivity contribution in [3.63, 3.8) is 0 Å². The number of aromatic amines is 1. The summed E-state index contributed by atoms with van der Waals surface area (Å²) in [6.45, 7) is 4.34. The Balaban J connectivity index is 1.32. The van der Waals surface area contributed by atoms with Crippen molar-refractivity contribution in [1.82, 2.24) is 19.9 Å². The van der Waals surface area contributed by atoms with E-state index in [2.05, 4.69) is 20.6 Å². The first-order valence-electron chi connectivity index (χ1n) is 11.5. The van der Waals surface area contributed by atoms with Crippen LogP contribution in [-0.2, 0) is 9.47 Å². The number of morpholine rings is 1. The van der Waals surface area contributed by atoms with Gasteiger partial charge in [0.2, 0.25) is 5.95 Å². The van der Waals surface area contributed by atoms with Crippen LogP contribution < -0.4 is 20.1 Å². The van der Waals surface area contributed by atoms with Crippen LogP contribution in [0.15, 0.2) is 24.4 Å². The monoisotopic (exact) mass is 466 g/mol. The minimum absolute atomic E-state index is 0.0917. The highest BCUT2D eigenvalue weighted by Crippen LogP contribution is 2.42. The van der Waals surface area contributed by atoms with Crippen LogP contribution in [0.4, 0.5) is 17.5 Å². The van der Waals surface area contributed by atoms with E-state index in [-0.39, 0.29) is 11.9 Å². The number of amides is 1. The average molecular weight is 466 g/mol. The van der Waals surface area contributed by atoms with Crippen molar-refractivity contribution in [2.45, 2.75) is 12.5 Å². The lowest BCUT2D eigenvalue weighted by Crippen LogP contribution is -2.41. The van der Waals surface area contributed by atoms with Crippen LogP contribution >= 0.6 is 0 Å². The second-order valence-electron chi connectivity index (χ2n) is 8.39. The number of aromatic nitrogens is 3. The molecule has 1 amide bonds. The van der Waals surface area contributed by atoms with Crippen LogP contribution in [0.1, 0.15) is 16.8 Å². The maximum Gasteiger partial charge on any atom is 0.257 e. The van der Waals surface area contributed by atoms with Gasteiger partial charge in [0.1, 0.15) is 24.7 Å². The molecule has 2 aromatic heterocycles. The standard InChI is InChI=1S/C23H26N6O5/c30-22(29-6-9-31-10-7-29)15-1-2-17(19-18(15)33-11-12-34-19)26-23-27-20-16(3-5-24-20)21(28-23)25-14-4-8-32-13-14/h1-3,5,14H,4,6-13H2,(H3,24,25,26,27,28). The molecule has 0 radical (unpaired) electrons. The van der Waals surface area contributed by atoms with Crippen molar-refractivity contribution < 1.29 is 23.7 Å². The first kappa shape index (κ1) is 21.0. The molecule has 3 N–H and O–H groups in total. The highest BCUT2D eigenvalue weighted by molar-refractivity contribution is 5.99. The number of anilines is 3. The maximum absolute atomic E-state index is 13.1. The molecule has 0 bridgehead atoms. The number of carbonyl (C=O) groups excluding carboxylic acids is 1. The van der Waals surface area contributed by atoms with E-state index in [0.717, 1.165) is 24.2 Å². The predicted octanol–water partition coefficient (Wildman–Crippen LogP) is 2.15. The third kappa shape index (κ3) is 3.97. The first-order chi connectivity index (χ1) is 16.8. The lowest BCUT2D eigenvalue weighted by atomic mass is 10.1. The molecule has 3 aliphatic rings. The van der Waals surface area contributed by atoms with Gasteiger partial charge in [-0.25, -0.2) is 0 Å². The van der Waals surface area contributed by atoms with E-state index in [0.29, 0.717) is 80.5 Å². The molecular formula is C23H26N6O5. The summed E-state index contributed by atoms with van der Waals surface area (Å²) in [6.07, 6.45) is 2.76. The molecule has 34 heavy (non-hydrogen) atoms. The van der Waals surface area contributed by atoms with E-state index in [9.17, 15) is 4.79 Å². The van der Waals surface area contributed by atoms with Gasteiger partial charge >= 0.3 is 0 Å². The Morgan fingerprint density at radius 3 is 2.68 bits per heavy atom. The van der Waals surface area contributed by atoms with Crippen LogP contribution in [0, 0.1) is 0 Å². The molecule has 6 rings (SSSR count).